The summed E-state index contributed by atoms with van der Waals surface area (Å²) in [6.45, 7) is 1.82. The van der Waals surface area contributed by atoms with E-state index in [0.29, 0.717) is 17.2 Å². The SMILES string of the molecule is COC(=O)c1ccc(-c2oc(C)nc2-c2ccccc2)cc1. The maximum Gasteiger partial charge on any atom is 0.337 e. The van der Waals surface area contributed by atoms with Crippen LogP contribution in [-0.4, -0.2) is 18.1 Å². The summed E-state index contributed by atoms with van der Waals surface area (Å²) >= 11 is 0. The second kappa shape index (κ2) is 5.85. The van der Waals surface area contributed by atoms with E-state index < -0.39 is 0 Å². The molecular formula is C18H15NO3. The van der Waals surface area contributed by atoms with Gasteiger partial charge in [-0.25, -0.2) is 9.78 Å². The van der Waals surface area contributed by atoms with Crippen LogP contribution in [-0.2, 0) is 4.74 Å². The molecular weight excluding hydrogens is 278 g/mol. The Labute approximate surface area is 128 Å². The van der Waals surface area contributed by atoms with Crippen LogP contribution < -0.4 is 0 Å². The Balaban J connectivity index is 2.04. The van der Waals surface area contributed by atoms with E-state index >= 15 is 0 Å². The highest BCUT2D eigenvalue weighted by Gasteiger charge is 2.15. The van der Waals surface area contributed by atoms with Gasteiger partial charge < -0.3 is 9.15 Å². The van der Waals surface area contributed by atoms with Crippen molar-refractivity contribution in [2.24, 2.45) is 0 Å². The van der Waals surface area contributed by atoms with Crippen LogP contribution in [0.25, 0.3) is 22.6 Å². The Morgan fingerprint density at radius 2 is 1.68 bits per heavy atom. The van der Waals surface area contributed by atoms with E-state index in [1.54, 1.807) is 12.1 Å². The molecule has 3 rings (SSSR count). The van der Waals surface area contributed by atoms with Crippen molar-refractivity contribution in [2.75, 3.05) is 7.11 Å². The quantitative estimate of drug-likeness (QED) is 0.682. The summed E-state index contributed by atoms with van der Waals surface area (Å²) in [6, 6.07) is 17.0. The third kappa shape index (κ3) is 2.63. The van der Waals surface area contributed by atoms with Crippen molar-refractivity contribution in [1.82, 2.24) is 4.98 Å². The zero-order chi connectivity index (χ0) is 15.5. The Bertz CT molecular complexity index is 789. The molecule has 1 heterocycles. The molecule has 2 aromatic carbocycles. The number of aryl methyl sites for hydroxylation is 1. The van der Waals surface area contributed by atoms with Gasteiger partial charge in [-0.1, -0.05) is 42.5 Å². The molecule has 0 radical (unpaired) electrons. The molecule has 0 N–H and O–H groups in total. The van der Waals surface area contributed by atoms with E-state index in [9.17, 15) is 4.79 Å². The molecule has 0 bridgehead atoms. The number of nitrogens with zero attached hydrogens (tertiary/aromatic N) is 1. The lowest BCUT2D eigenvalue weighted by molar-refractivity contribution is 0.0601. The van der Waals surface area contributed by atoms with Gasteiger partial charge in [-0.05, 0) is 12.1 Å². The van der Waals surface area contributed by atoms with Gasteiger partial charge in [-0.2, -0.15) is 0 Å². The first kappa shape index (κ1) is 14.1. The van der Waals surface area contributed by atoms with Crippen LogP contribution in [0.2, 0.25) is 0 Å². The van der Waals surface area contributed by atoms with Gasteiger partial charge in [-0.3, -0.25) is 0 Å². The van der Waals surface area contributed by atoms with Crippen molar-refractivity contribution < 1.29 is 13.9 Å². The Morgan fingerprint density at radius 3 is 2.32 bits per heavy atom. The molecule has 0 fully saturated rings. The zero-order valence-electron chi connectivity index (χ0n) is 12.4. The van der Waals surface area contributed by atoms with Crippen molar-refractivity contribution in [3.63, 3.8) is 0 Å². The molecule has 0 saturated carbocycles. The molecule has 3 aromatic rings. The van der Waals surface area contributed by atoms with E-state index in [1.807, 2.05) is 49.4 Å². The number of carbonyl (C=O) groups excluding carboxylic acids is 1. The molecule has 0 amide bonds. The van der Waals surface area contributed by atoms with E-state index in [-0.39, 0.29) is 5.97 Å². The lowest BCUT2D eigenvalue weighted by Crippen LogP contribution is -2.00. The summed E-state index contributed by atoms with van der Waals surface area (Å²) in [7, 11) is 1.36. The van der Waals surface area contributed by atoms with Crippen LogP contribution in [0.15, 0.2) is 59.0 Å². The van der Waals surface area contributed by atoms with Gasteiger partial charge >= 0.3 is 5.97 Å². The molecule has 0 aliphatic carbocycles. The number of esters is 1. The zero-order valence-corrected chi connectivity index (χ0v) is 12.4. The fourth-order valence-corrected chi connectivity index (χ4v) is 2.29. The van der Waals surface area contributed by atoms with Gasteiger partial charge in [0.1, 0.15) is 5.69 Å². The van der Waals surface area contributed by atoms with E-state index in [0.717, 1.165) is 16.8 Å². The summed E-state index contributed by atoms with van der Waals surface area (Å²) in [5.41, 5.74) is 3.16. The van der Waals surface area contributed by atoms with Crippen molar-refractivity contribution >= 4 is 5.97 Å². The second-order valence-electron chi connectivity index (χ2n) is 4.85. The number of oxazole rings is 1. The van der Waals surface area contributed by atoms with Gasteiger partial charge in [0.05, 0.1) is 12.7 Å². The molecule has 4 heteroatoms. The molecule has 22 heavy (non-hydrogen) atoms. The lowest BCUT2D eigenvalue weighted by Gasteiger charge is -2.03. The minimum Gasteiger partial charge on any atom is -0.465 e. The number of methoxy groups -OCH3 is 1. The van der Waals surface area contributed by atoms with Crippen molar-refractivity contribution in [3.05, 3.63) is 66.1 Å². The maximum atomic E-state index is 11.5. The topological polar surface area (TPSA) is 52.3 Å². The largest absolute Gasteiger partial charge is 0.465 e. The highest BCUT2D eigenvalue weighted by molar-refractivity contribution is 5.90. The fraction of sp³-hybridized carbons (Fsp3) is 0.111. The predicted molar refractivity (Wildman–Crippen MR) is 83.5 cm³/mol. The third-order valence-electron chi connectivity index (χ3n) is 3.35. The minimum atomic E-state index is -0.358. The number of ether oxygens (including phenoxy) is 1. The summed E-state index contributed by atoms with van der Waals surface area (Å²) < 4.78 is 10.5. The van der Waals surface area contributed by atoms with Gasteiger partial charge in [-0.15, -0.1) is 0 Å². The first-order valence-corrected chi connectivity index (χ1v) is 6.90. The molecule has 0 atom stereocenters. The highest BCUT2D eigenvalue weighted by atomic mass is 16.5. The van der Waals surface area contributed by atoms with E-state index in [1.165, 1.54) is 7.11 Å². The minimum absolute atomic E-state index is 0.358. The average molecular weight is 293 g/mol. The number of rotatable bonds is 3. The number of hydrogen-bond donors (Lipinski definition) is 0. The molecule has 0 saturated heterocycles. The van der Waals surface area contributed by atoms with E-state index in [2.05, 4.69) is 4.98 Å². The maximum absolute atomic E-state index is 11.5. The van der Waals surface area contributed by atoms with Crippen LogP contribution in [0.3, 0.4) is 0 Å². The van der Waals surface area contributed by atoms with Gasteiger partial charge in [0, 0.05) is 18.1 Å². The summed E-state index contributed by atoms with van der Waals surface area (Å²) in [5, 5.41) is 0. The molecule has 1 aromatic heterocycles. The average Bonchev–Trinajstić information content (AvgIpc) is 2.97. The van der Waals surface area contributed by atoms with Crippen molar-refractivity contribution in [2.45, 2.75) is 6.92 Å². The summed E-state index contributed by atoms with van der Waals surface area (Å²) in [6.07, 6.45) is 0. The van der Waals surface area contributed by atoms with Gasteiger partial charge in [0.2, 0.25) is 0 Å². The molecule has 0 spiro atoms. The molecule has 4 nitrogen and oxygen atoms in total. The number of carbonyl (C=O) groups is 1. The van der Waals surface area contributed by atoms with Gasteiger partial charge in [0.15, 0.2) is 11.7 Å². The normalized spacial score (nSPS) is 10.5. The van der Waals surface area contributed by atoms with Crippen molar-refractivity contribution in [3.8, 4) is 22.6 Å². The standard InChI is InChI=1S/C18H15NO3/c1-12-19-16(13-6-4-3-5-7-13)17(22-12)14-8-10-15(11-9-14)18(20)21-2/h3-11H,1-2H3. The van der Waals surface area contributed by atoms with E-state index in [4.69, 9.17) is 9.15 Å². The fourth-order valence-electron chi connectivity index (χ4n) is 2.29. The predicted octanol–water partition coefficient (Wildman–Crippen LogP) is 4.10. The molecule has 0 aliphatic heterocycles. The number of aromatic nitrogens is 1. The smallest absolute Gasteiger partial charge is 0.337 e. The first-order chi connectivity index (χ1) is 10.7. The first-order valence-electron chi connectivity index (χ1n) is 6.90. The molecule has 110 valence electrons. The second-order valence-corrected chi connectivity index (χ2v) is 4.85. The molecule has 0 aliphatic rings. The molecule has 0 unspecified atom stereocenters. The van der Waals surface area contributed by atoms with Crippen LogP contribution >= 0.6 is 0 Å². The summed E-state index contributed by atoms with van der Waals surface area (Å²) in [4.78, 5) is 16.0. The Hall–Kier alpha value is -2.88. The van der Waals surface area contributed by atoms with Crippen LogP contribution in [0.1, 0.15) is 16.2 Å². The lowest BCUT2D eigenvalue weighted by atomic mass is 10.0. The Morgan fingerprint density at radius 1 is 1.00 bits per heavy atom. The van der Waals surface area contributed by atoms with Crippen LogP contribution in [0, 0.1) is 6.92 Å². The summed E-state index contributed by atoms with van der Waals surface area (Å²) in [5.74, 6) is 0.939. The number of hydrogen-bond acceptors (Lipinski definition) is 4. The Kier molecular flexibility index (Phi) is 3.74. The van der Waals surface area contributed by atoms with Crippen LogP contribution in [0.4, 0.5) is 0 Å². The third-order valence-corrected chi connectivity index (χ3v) is 3.35. The van der Waals surface area contributed by atoms with Gasteiger partial charge in [0.25, 0.3) is 0 Å². The monoisotopic (exact) mass is 293 g/mol. The van der Waals surface area contributed by atoms with Crippen LogP contribution in [0.5, 0.6) is 0 Å². The number of benzene rings is 2. The highest BCUT2D eigenvalue weighted by Crippen LogP contribution is 2.32. The van der Waals surface area contributed by atoms with Crippen molar-refractivity contribution in [1.29, 1.82) is 0 Å².